The third kappa shape index (κ3) is 2.56. The van der Waals surface area contributed by atoms with Crippen LogP contribution in [0.15, 0.2) is 42.5 Å². The molecule has 0 aliphatic rings. The van der Waals surface area contributed by atoms with Gasteiger partial charge in [-0.3, -0.25) is 0 Å². The van der Waals surface area contributed by atoms with Crippen molar-refractivity contribution >= 4 is 0 Å². The number of aliphatic hydroxyl groups excluding tert-OH is 1. The molecular weight excluding hydrogens is 208 g/mol. The van der Waals surface area contributed by atoms with E-state index < -0.39 is 0 Å². The maximum atomic E-state index is 9.16. The molecule has 2 aromatic carbocycles. The van der Waals surface area contributed by atoms with Crippen molar-refractivity contribution in [2.45, 2.75) is 26.9 Å². The van der Waals surface area contributed by atoms with E-state index >= 15 is 0 Å². The molecule has 0 heterocycles. The number of benzene rings is 2. The van der Waals surface area contributed by atoms with Crippen LogP contribution >= 0.6 is 0 Å². The fourth-order valence-corrected chi connectivity index (χ4v) is 2.05. The van der Waals surface area contributed by atoms with Gasteiger partial charge in [0.25, 0.3) is 0 Å². The highest BCUT2D eigenvalue weighted by atomic mass is 16.3. The Labute approximate surface area is 103 Å². The molecule has 1 heteroatoms. The summed E-state index contributed by atoms with van der Waals surface area (Å²) in [5, 5.41) is 9.16. The molecule has 2 aromatic rings. The number of hydrogen-bond donors (Lipinski definition) is 1. The largest absolute Gasteiger partial charge is 0.392 e. The van der Waals surface area contributed by atoms with Crippen LogP contribution in [0.2, 0.25) is 0 Å². The highest BCUT2D eigenvalue weighted by molar-refractivity contribution is 5.68. The van der Waals surface area contributed by atoms with E-state index in [1.165, 1.54) is 22.3 Å². The first kappa shape index (κ1) is 11.9. The van der Waals surface area contributed by atoms with E-state index in [0.29, 0.717) is 0 Å². The third-order valence-corrected chi connectivity index (χ3v) is 3.10. The minimum atomic E-state index is 0.112. The maximum absolute atomic E-state index is 9.16. The highest BCUT2D eigenvalue weighted by Gasteiger charge is 2.04. The Balaban J connectivity index is 2.47. The van der Waals surface area contributed by atoms with Gasteiger partial charge in [-0.15, -0.1) is 0 Å². The Kier molecular flexibility index (Phi) is 3.60. The zero-order valence-electron chi connectivity index (χ0n) is 10.4. The smallest absolute Gasteiger partial charge is 0.0681 e. The van der Waals surface area contributed by atoms with Crippen molar-refractivity contribution in [1.29, 1.82) is 0 Å². The Morgan fingerprint density at radius 3 is 2.29 bits per heavy atom. The van der Waals surface area contributed by atoms with Crippen molar-refractivity contribution in [1.82, 2.24) is 0 Å². The molecule has 88 valence electrons. The van der Waals surface area contributed by atoms with Crippen LogP contribution in [0.3, 0.4) is 0 Å². The molecule has 0 fully saturated rings. The van der Waals surface area contributed by atoms with E-state index in [1.54, 1.807) is 0 Å². The SMILES string of the molecule is CCc1cc(CO)ccc1-c1ccc(C)cc1. The number of rotatable bonds is 3. The number of aliphatic hydroxyl groups is 1. The van der Waals surface area contributed by atoms with Crippen LogP contribution in [-0.4, -0.2) is 5.11 Å². The quantitative estimate of drug-likeness (QED) is 0.845. The van der Waals surface area contributed by atoms with E-state index in [9.17, 15) is 0 Å². The average Bonchev–Trinajstić information content (AvgIpc) is 2.39. The van der Waals surface area contributed by atoms with E-state index in [0.717, 1.165) is 12.0 Å². The van der Waals surface area contributed by atoms with Crippen molar-refractivity contribution in [2.75, 3.05) is 0 Å². The van der Waals surface area contributed by atoms with Crippen LogP contribution in [0.25, 0.3) is 11.1 Å². The fourth-order valence-electron chi connectivity index (χ4n) is 2.05. The van der Waals surface area contributed by atoms with Crippen LogP contribution in [0.1, 0.15) is 23.6 Å². The van der Waals surface area contributed by atoms with Gasteiger partial charge in [0.2, 0.25) is 0 Å². The van der Waals surface area contributed by atoms with Crippen molar-refractivity contribution in [3.63, 3.8) is 0 Å². The van der Waals surface area contributed by atoms with E-state index in [4.69, 9.17) is 5.11 Å². The summed E-state index contributed by atoms with van der Waals surface area (Å²) in [5.41, 5.74) is 6.07. The first-order valence-electron chi connectivity index (χ1n) is 6.04. The van der Waals surface area contributed by atoms with Crippen molar-refractivity contribution in [3.05, 3.63) is 59.2 Å². The lowest BCUT2D eigenvalue weighted by Gasteiger charge is -2.10. The summed E-state index contributed by atoms with van der Waals surface area (Å²) in [5.74, 6) is 0. The summed E-state index contributed by atoms with van der Waals surface area (Å²) in [6.07, 6.45) is 0.983. The van der Waals surface area contributed by atoms with Crippen LogP contribution < -0.4 is 0 Å². The number of hydrogen-bond acceptors (Lipinski definition) is 1. The minimum Gasteiger partial charge on any atom is -0.392 e. The van der Waals surface area contributed by atoms with Gasteiger partial charge in [0, 0.05) is 0 Å². The maximum Gasteiger partial charge on any atom is 0.0681 e. The summed E-state index contributed by atoms with van der Waals surface area (Å²) >= 11 is 0. The van der Waals surface area contributed by atoms with E-state index in [-0.39, 0.29) is 6.61 Å². The Morgan fingerprint density at radius 2 is 1.71 bits per heavy atom. The van der Waals surface area contributed by atoms with Gasteiger partial charge in [-0.05, 0) is 35.6 Å². The summed E-state index contributed by atoms with van der Waals surface area (Å²) in [7, 11) is 0. The number of aryl methyl sites for hydroxylation is 2. The van der Waals surface area contributed by atoms with Gasteiger partial charge in [0.15, 0.2) is 0 Å². The van der Waals surface area contributed by atoms with Gasteiger partial charge in [0.1, 0.15) is 0 Å². The molecule has 1 N–H and O–H groups in total. The first-order valence-corrected chi connectivity index (χ1v) is 6.04. The van der Waals surface area contributed by atoms with Crippen LogP contribution in [0, 0.1) is 6.92 Å². The lowest BCUT2D eigenvalue weighted by molar-refractivity contribution is 0.282. The summed E-state index contributed by atoms with van der Waals surface area (Å²) < 4.78 is 0. The van der Waals surface area contributed by atoms with Crippen molar-refractivity contribution in [3.8, 4) is 11.1 Å². The molecule has 0 aromatic heterocycles. The van der Waals surface area contributed by atoms with Crippen LogP contribution in [0.4, 0.5) is 0 Å². The van der Waals surface area contributed by atoms with Crippen LogP contribution in [-0.2, 0) is 13.0 Å². The van der Waals surface area contributed by atoms with Gasteiger partial charge in [-0.1, -0.05) is 55.0 Å². The fraction of sp³-hybridized carbons (Fsp3) is 0.250. The summed E-state index contributed by atoms with van der Waals surface area (Å²) in [6, 6.07) is 14.8. The molecule has 0 saturated heterocycles. The molecule has 0 aliphatic heterocycles. The normalized spacial score (nSPS) is 10.5. The van der Waals surface area contributed by atoms with Gasteiger partial charge in [-0.25, -0.2) is 0 Å². The highest BCUT2D eigenvalue weighted by Crippen LogP contribution is 2.25. The third-order valence-electron chi connectivity index (χ3n) is 3.10. The zero-order chi connectivity index (χ0) is 12.3. The van der Waals surface area contributed by atoms with Crippen LogP contribution in [0.5, 0.6) is 0 Å². The Bertz CT molecular complexity index is 497. The Morgan fingerprint density at radius 1 is 1.00 bits per heavy atom. The summed E-state index contributed by atoms with van der Waals surface area (Å²) in [6.45, 7) is 4.36. The molecule has 0 atom stereocenters. The minimum absolute atomic E-state index is 0.112. The standard InChI is InChI=1S/C16H18O/c1-3-14-10-13(11-17)6-9-16(14)15-7-4-12(2)5-8-15/h4-10,17H,3,11H2,1-2H3. The average molecular weight is 226 g/mol. The molecule has 0 radical (unpaired) electrons. The van der Waals surface area contributed by atoms with Gasteiger partial charge in [-0.2, -0.15) is 0 Å². The zero-order valence-corrected chi connectivity index (χ0v) is 10.4. The molecule has 0 bridgehead atoms. The Hall–Kier alpha value is -1.60. The molecule has 1 nitrogen and oxygen atoms in total. The van der Waals surface area contributed by atoms with E-state index in [1.807, 2.05) is 6.07 Å². The molecule has 0 aliphatic carbocycles. The second kappa shape index (κ2) is 5.15. The monoisotopic (exact) mass is 226 g/mol. The lowest BCUT2D eigenvalue weighted by atomic mass is 9.95. The second-order valence-electron chi connectivity index (χ2n) is 4.37. The second-order valence-corrected chi connectivity index (χ2v) is 4.37. The predicted octanol–water partition coefficient (Wildman–Crippen LogP) is 3.72. The predicted molar refractivity (Wildman–Crippen MR) is 71.9 cm³/mol. The van der Waals surface area contributed by atoms with E-state index in [2.05, 4.69) is 50.2 Å². The molecule has 2 rings (SSSR count). The summed E-state index contributed by atoms with van der Waals surface area (Å²) in [4.78, 5) is 0. The molecule has 0 unspecified atom stereocenters. The molecule has 0 spiro atoms. The van der Waals surface area contributed by atoms with Gasteiger partial charge >= 0.3 is 0 Å². The molecule has 0 amide bonds. The van der Waals surface area contributed by atoms with Gasteiger partial charge in [0.05, 0.1) is 6.61 Å². The molecular formula is C16H18O. The van der Waals surface area contributed by atoms with Gasteiger partial charge < -0.3 is 5.11 Å². The topological polar surface area (TPSA) is 20.2 Å². The van der Waals surface area contributed by atoms with Crippen molar-refractivity contribution < 1.29 is 5.11 Å². The first-order chi connectivity index (χ1) is 8.24. The van der Waals surface area contributed by atoms with Crippen molar-refractivity contribution in [2.24, 2.45) is 0 Å². The molecule has 17 heavy (non-hydrogen) atoms. The molecule has 0 saturated carbocycles. The lowest BCUT2D eigenvalue weighted by Crippen LogP contribution is -1.91.